The fourth-order valence-corrected chi connectivity index (χ4v) is 2.66. The van der Waals surface area contributed by atoms with Crippen LogP contribution >= 0.6 is 0 Å². The molecule has 0 bridgehead atoms. The molecule has 1 atom stereocenters. The zero-order chi connectivity index (χ0) is 12.3. The Morgan fingerprint density at radius 2 is 2.29 bits per heavy atom. The van der Waals surface area contributed by atoms with Gasteiger partial charge in [0.2, 0.25) is 0 Å². The lowest BCUT2D eigenvalue weighted by molar-refractivity contribution is 0.261. The van der Waals surface area contributed by atoms with Gasteiger partial charge in [0, 0.05) is 24.8 Å². The van der Waals surface area contributed by atoms with Crippen LogP contribution in [0.2, 0.25) is 0 Å². The minimum Gasteiger partial charge on any atom is -0.310 e. The predicted molar refractivity (Wildman–Crippen MR) is 70.9 cm³/mol. The minimum absolute atomic E-state index is 0.508. The molecule has 1 unspecified atom stereocenters. The van der Waals surface area contributed by atoms with Crippen molar-refractivity contribution in [3.63, 3.8) is 0 Å². The Hall–Kier alpha value is -0.830. The molecule has 1 saturated carbocycles. The highest BCUT2D eigenvalue weighted by atomic mass is 15.3. The Morgan fingerprint density at radius 1 is 1.53 bits per heavy atom. The van der Waals surface area contributed by atoms with Gasteiger partial charge in [-0.1, -0.05) is 26.2 Å². The molecule has 1 heterocycles. The first-order valence-electron chi connectivity index (χ1n) is 6.94. The van der Waals surface area contributed by atoms with E-state index >= 15 is 0 Å². The van der Waals surface area contributed by atoms with Crippen LogP contribution in [0.15, 0.2) is 6.20 Å². The number of rotatable bonds is 6. The monoisotopic (exact) mass is 235 g/mol. The smallest absolute Gasteiger partial charge is 0.0641 e. The van der Waals surface area contributed by atoms with Crippen LogP contribution in [-0.2, 0) is 7.05 Å². The van der Waals surface area contributed by atoms with Gasteiger partial charge in [-0.05, 0) is 32.2 Å². The lowest BCUT2D eigenvalue weighted by Gasteiger charge is -2.30. The topological polar surface area (TPSA) is 29.9 Å². The molecule has 3 nitrogen and oxygen atoms in total. The number of nitrogens with one attached hydrogen (secondary N) is 1. The van der Waals surface area contributed by atoms with E-state index in [2.05, 4.69) is 30.5 Å². The summed E-state index contributed by atoms with van der Waals surface area (Å²) in [6.07, 6.45) is 8.93. The zero-order valence-corrected chi connectivity index (χ0v) is 11.4. The van der Waals surface area contributed by atoms with Crippen LogP contribution in [0.3, 0.4) is 0 Å². The second-order valence-electron chi connectivity index (χ2n) is 5.38. The van der Waals surface area contributed by atoms with Crippen LogP contribution in [0, 0.1) is 12.8 Å². The van der Waals surface area contributed by atoms with Gasteiger partial charge in [0.05, 0.1) is 5.69 Å². The summed E-state index contributed by atoms with van der Waals surface area (Å²) in [5.41, 5.74) is 2.58. The number of nitrogens with zero attached hydrogens (tertiary/aromatic N) is 2. The average molecular weight is 235 g/mol. The van der Waals surface area contributed by atoms with Gasteiger partial charge in [-0.2, -0.15) is 5.10 Å². The van der Waals surface area contributed by atoms with E-state index in [-0.39, 0.29) is 0 Å². The Bertz CT molecular complexity index is 352. The van der Waals surface area contributed by atoms with Crippen molar-refractivity contribution in [1.82, 2.24) is 15.1 Å². The second-order valence-corrected chi connectivity index (χ2v) is 5.38. The van der Waals surface area contributed by atoms with E-state index in [0.29, 0.717) is 6.04 Å². The van der Waals surface area contributed by atoms with Crippen molar-refractivity contribution >= 4 is 0 Å². The summed E-state index contributed by atoms with van der Waals surface area (Å²) in [6, 6.07) is 0.508. The van der Waals surface area contributed by atoms with Gasteiger partial charge in [-0.15, -0.1) is 0 Å². The number of hydrogen-bond acceptors (Lipinski definition) is 2. The van der Waals surface area contributed by atoms with Crippen molar-refractivity contribution in [2.75, 3.05) is 6.54 Å². The highest BCUT2D eigenvalue weighted by Crippen LogP contribution is 2.35. The highest BCUT2D eigenvalue weighted by Gasteiger charge is 2.24. The van der Waals surface area contributed by atoms with Gasteiger partial charge >= 0.3 is 0 Å². The third-order valence-corrected chi connectivity index (χ3v) is 3.86. The lowest BCUT2D eigenvalue weighted by Crippen LogP contribution is -2.27. The molecule has 1 aliphatic rings. The molecule has 3 heteroatoms. The van der Waals surface area contributed by atoms with Crippen molar-refractivity contribution in [3.8, 4) is 0 Å². The summed E-state index contributed by atoms with van der Waals surface area (Å²) in [7, 11) is 2.01. The first-order valence-corrected chi connectivity index (χ1v) is 6.94. The molecular formula is C14H25N3. The Kier molecular flexibility index (Phi) is 4.21. The fourth-order valence-electron chi connectivity index (χ4n) is 2.66. The van der Waals surface area contributed by atoms with Gasteiger partial charge in [0.15, 0.2) is 0 Å². The lowest BCUT2D eigenvalue weighted by atomic mass is 9.79. The molecule has 1 aliphatic carbocycles. The average Bonchev–Trinajstić information content (AvgIpc) is 2.56. The van der Waals surface area contributed by atoms with Gasteiger partial charge in [-0.3, -0.25) is 4.68 Å². The maximum absolute atomic E-state index is 4.47. The van der Waals surface area contributed by atoms with Crippen molar-refractivity contribution in [3.05, 3.63) is 17.5 Å². The van der Waals surface area contributed by atoms with E-state index in [9.17, 15) is 0 Å². The maximum Gasteiger partial charge on any atom is 0.0641 e. The first kappa shape index (κ1) is 12.6. The van der Waals surface area contributed by atoms with E-state index in [1.165, 1.54) is 43.4 Å². The molecule has 0 spiro atoms. The van der Waals surface area contributed by atoms with Crippen molar-refractivity contribution in [2.45, 2.75) is 52.0 Å². The predicted octanol–water partition coefficient (Wildman–Crippen LogP) is 2.96. The van der Waals surface area contributed by atoms with Crippen LogP contribution in [0.1, 0.15) is 56.3 Å². The molecule has 1 N–H and O–H groups in total. The first-order chi connectivity index (χ1) is 8.20. The standard InChI is InChI=1S/C14H25N3/c1-4-8-15-14(9-12-6-5-7-12)13-10-17(3)16-11(13)2/h10,12,14-15H,4-9H2,1-3H3. The van der Waals surface area contributed by atoms with Crippen LogP contribution in [0.5, 0.6) is 0 Å². The molecule has 0 saturated heterocycles. The molecule has 1 aromatic rings. The van der Waals surface area contributed by atoms with E-state index in [0.717, 1.165) is 12.5 Å². The molecule has 1 aromatic heterocycles. The normalized spacial score (nSPS) is 18.1. The number of aromatic nitrogens is 2. The Balaban J connectivity index is 2.04. The Labute approximate surface area is 105 Å². The third kappa shape index (κ3) is 3.09. The molecule has 0 aromatic carbocycles. The molecule has 0 aliphatic heterocycles. The van der Waals surface area contributed by atoms with Gasteiger partial charge < -0.3 is 5.32 Å². The van der Waals surface area contributed by atoms with Gasteiger partial charge in [-0.25, -0.2) is 0 Å². The van der Waals surface area contributed by atoms with Gasteiger partial charge in [0.25, 0.3) is 0 Å². The van der Waals surface area contributed by atoms with E-state index in [1.54, 1.807) is 0 Å². The molecule has 1 fully saturated rings. The molecule has 2 rings (SSSR count). The molecule has 17 heavy (non-hydrogen) atoms. The van der Waals surface area contributed by atoms with Gasteiger partial charge in [0.1, 0.15) is 0 Å². The van der Waals surface area contributed by atoms with Crippen LogP contribution in [0.25, 0.3) is 0 Å². The summed E-state index contributed by atoms with van der Waals surface area (Å²) in [5.74, 6) is 0.934. The van der Waals surface area contributed by atoms with E-state index in [1.807, 2.05) is 11.7 Å². The highest BCUT2D eigenvalue weighted by molar-refractivity contribution is 5.20. The van der Waals surface area contributed by atoms with Crippen molar-refractivity contribution in [1.29, 1.82) is 0 Å². The maximum atomic E-state index is 4.47. The second kappa shape index (κ2) is 5.67. The third-order valence-electron chi connectivity index (χ3n) is 3.86. The molecule has 0 radical (unpaired) electrons. The molecular weight excluding hydrogens is 210 g/mol. The van der Waals surface area contributed by atoms with E-state index < -0.39 is 0 Å². The summed E-state index contributed by atoms with van der Waals surface area (Å²) in [6.45, 7) is 5.45. The van der Waals surface area contributed by atoms with Crippen LogP contribution in [-0.4, -0.2) is 16.3 Å². The van der Waals surface area contributed by atoms with E-state index in [4.69, 9.17) is 0 Å². The number of aryl methyl sites for hydroxylation is 2. The quantitative estimate of drug-likeness (QED) is 0.821. The summed E-state index contributed by atoms with van der Waals surface area (Å²) in [5, 5.41) is 8.15. The SMILES string of the molecule is CCCNC(CC1CCC1)c1cn(C)nc1C. The van der Waals surface area contributed by atoms with Crippen LogP contribution in [0.4, 0.5) is 0 Å². The summed E-state index contributed by atoms with van der Waals surface area (Å²) >= 11 is 0. The largest absolute Gasteiger partial charge is 0.310 e. The fraction of sp³-hybridized carbons (Fsp3) is 0.786. The number of hydrogen-bond donors (Lipinski definition) is 1. The summed E-state index contributed by atoms with van der Waals surface area (Å²) in [4.78, 5) is 0. The zero-order valence-electron chi connectivity index (χ0n) is 11.4. The minimum atomic E-state index is 0.508. The summed E-state index contributed by atoms with van der Waals surface area (Å²) < 4.78 is 1.94. The van der Waals surface area contributed by atoms with Crippen molar-refractivity contribution < 1.29 is 0 Å². The Morgan fingerprint density at radius 3 is 2.76 bits per heavy atom. The van der Waals surface area contributed by atoms with Crippen LogP contribution < -0.4 is 5.32 Å². The van der Waals surface area contributed by atoms with Crippen molar-refractivity contribution in [2.24, 2.45) is 13.0 Å². The molecule has 96 valence electrons. The molecule has 0 amide bonds.